The Morgan fingerprint density at radius 3 is 2.65 bits per heavy atom. The SMILES string of the molecule is C[C@@H](N)c1cc(Br)ccc1OCC=Cc1ccccc1. The van der Waals surface area contributed by atoms with Crippen LogP contribution < -0.4 is 10.5 Å². The Bertz CT molecular complexity index is 579. The predicted molar refractivity (Wildman–Crippen MR) is 87.7 cm³/mol. The van der Waals surface area contributed by atoms with E-state index in [-0.39, 0.29) is 6.04 Å². The lowest BCUT2D eigenvalue weighted by Crippen LogP contribution is -2.08. The summed E-state index contributed by atoms with van der Waals surface area (Å²) in [4.78, 5) is 0. The van der Waals surface area contributed by atoms with Gasteiger partial charge in [-0.3, -0.25) is 0 Å². The topological polar surface area (TPSA) is 35.2 Å². The molecule has 0 bridgehead atoms. The van der Waals surface area contributed by atoms with Gasteiger partial charge in [-0.05, 0) is 36.8 Å². The molecule has 2 nitrogen and oxygen atoms in total. The van der Waals surface area contributed by atoms with E-state index < -0.39 is 0 Å². The Kier molecular flexibility index (Phi) is 5.39. The van der Waals surface area contributed by atoms with Gasteiger partial charge in [0.15, 0.2) is 0 Å². The number of ether oxygens (including phenoxy) is 1. The second kappa shape index (κ2) is 7.27. The zero-order valence-electron chi connectivity index (χ0n) is 11.4. The third-order valence-corrected chi connectivity index (χ3v) is 3.40. The molecule has 2 N–H and O–H groups in total. The number of hydrogen-bond acceptors (Lipinski definition) is 2. The molecular weight excluding hydrogens is 314 g/mol. The molecule has 0 unspecified atom stereocenters. The minimum Gasteiger partial charge on any atom is -0.489 e. The third kappa shape index (κ3) is 4.22. The van der Waals surface area contributed by atoms with Gasteiger partial charge in [0.25, 0.3) is 0 Å². The van der Waals surface area contributed by atoms with Crippen molar-refractivity contribution in [3.63, 3.8) is 0 Å². The normalized spacial score (nSPS) is 12.6. The molecule has 2 aromatic rings. The zero-order chi connectivity index (χ0) is 14.4. The van der Waals surface area contributed by atoms with Crippen LogP contribution in [0, 0.1) is 0 Å². The minimum absolute atomic E-state index is 0.0550. The summed E-state index contributed by atoms with van der Waals surface area (Å²) in [5.41, 5.74) is 8.13. The molecule has 0 aliphatic carbocycles. The van der Waals surface area contributed by atoms with E-state index in [0.717, 1.165) is 15.8 Å². The van der Waals surface area contributed by atoms with Crippen molar-refractivity contribution < 1.29 is 4.74 Å². The summed E-state index contributed by atoms with van der Waals surface area (Å²) in [6.07, 6.45) is 4.05. The van der Waals surface area contributed by atoms with E-state index in [0.29, 0.717) is 6.61 Å². The summed E-state index contributed by atoms with van der Waals surface area (Å²) in [5.74, 6) is 0.834. The average molecular weight is 332 g/mol. The van der Waals surface area contributed by atoms with Crippen molar-refractivity contribution in [3.8, 4) is 5.75 Å². The van der Waals surface area contributed by atoms with E-state index in [1.165, 1.54) is 5.56 Å². The lowest BCUT2D eigenvalue weighted by Gasteiger charge is -2.13. The molecule has 0 amide bonds. The van der Waals surface area contributed by atoms with Gasteiger partial charge in [0, 0.05) is 16.1 Å². The van der Waals surface area contributed by atoms with Gasteiger partial charge in [-0.1, -0.05) is 52.3 Å². The molecule has 0 aliphatic heterocycles. The van der Waals surface area contributed by atoms with Gasteiger partial charge < -0.3 is 10.5 Å². The van der Waals surface area contributed by atoms with Gasteiger partial charge in [-0.2, -0.15) is 0 Å². The van der Waals surface area contributed by atoms with Crippen LogP contribution in [0.5, 0.6) is 5.75 Å². The molecule has 0 saturated heterocycles. The van der Waals surface area contributed by atoms with E-state index in [2.05, 4.69) is 28.1 Å². The van der Waals surface area contributed by atoms with Crippen LogP contribution >= 0.6 is 15.9 Å². The zero-order valence-corrected chi connectivity index (χ0v) is 13.0. The second-order valence-corrected chi connectivity index (χ2v) is 5.51. The molecule has 104 valence electrons. The maximum absolute atomic E-state index is 5.96. The smallest absolute Gasteiger partial charge is 0.124 e. The van der Waals surface area contributed by atoms with Crippen LogP contribution in [0.4, 0.5) is 0 Å². The third-order valence-electron chi connectivity index (χ3n) is 2.91. The van der Waals surface area contributed by atoms with Crippen molar-refractivity contribution in [3.05, 3.63) is 70.2 Å². The van der Waals surface area contributed by atoms with Crippen LogP contribution in [0.15, 0.2) is 59.1 Å². The summed E-state index contributed by atoms with van der Waals surface area (Å²) in [5, 5.41) is 0. The van der Waals surface area contributed by atoms with Gasteiger partial charge >= 0.3 is 0 Å². The predicted octanol–water partition coefficient (Wildman–Crippen LogP) is 4.56. The highest BCUT2D eigenvalue weighted by Gasteiger charge is 2.08. The van der Waals surface area contributed by atoms with Crippen LogP contribution in [0.1, 0.15) is 24.1 Å². The Morgan fingerprint density at radius 2 is 1.95 bits per heavy atom. The minimum atomic E-state index is -0.0550. The van der Waals surface area contributed by atoms with Crippen LogP contribution in [-0.2, 0) is 0 Å². The van der Waals surface area contributed by atoms with E-state index in [4.69, 9.17) is 10.5 Å². The van der Waals surface area contributed by atoms with E-state index >= 15 is 0 Å². The van der Waals surface area contributed by atoms with Crippen LogP contribution in [-0.4, -0.2) is 6.61 Å². The summed E-state index contributed by atoms with van der Waals surface area (Å²) in [7, 11) is 0. The molecule has 3 heteroatoms. The van der Waals surface area contributed by atoms with Gasteiger partial charge in [0.2, 0.25) is 0 Å². The maximum atomic E-state index is 5.96. The molecule has 0 aliphatic rings. The van der Waals surface area contributed by atoms with Gasteiger partial charge in [-0.15, -0.1) is 0 Å². The Hall–Kier alpha value is -1.58. The highest BCUT2D eigenvalue weighted by Crippen LogP contribution is 2.27. The van der Waals surface area contributed by atoms with E-state index in [1.54, 1.807) is 0 Å². The van der Waals surface area contributed by atoms with Crippen molar-refractivity contribution in [1.29, 1.82) is 0 Å². The monoisotopic (exact) mass is 331 g/mol. The van der Waals surface area contributed by atoms with Gasteiger partial charge in [-0.25, -0.2) is 0 Å². The van der Waals surface area contributed by atoms with Crippen molar-refractivity contribution >= 4 is 22.0 Å². The molecule has 0 radical (unpaired) electrons. The van der Waals surface area contributed by atoms with Crippen molar-refractivity contribution in [2.24, 2.45) is 5.73 Å². The first-order valence-electron chi connectivity index (χ1n) is 6.56. The summed E-state index contributed by atoms with van der Waals surface area (Å²) < 4.78 is 6.80. The number of nitrogens with two attached hydrogens (primary N) is 1. The quantitative estimate of drug-likeness (QED) is 0.871. The second-order valence-electron chi connectivity index (χ2n) is 4.59. The van der Waals surface area contributed by atoms with Crippen molar-refractivity contribution in [1.82, 2.24) is 0 Å². The molecule has 2 rings (SSSR count). The fraction of sp³-hybridized carbons (Fsp3) is 0.176. The molecule has 0 fully saturated rings. The average Bonchev–Trinajstić information content (AvgIpc) is 2.45. The van der Waals surface area contributed by atoms with E-state index in [1.807, 2.05) is 55.5 Å². The molecule has 1 atom stereocenters. The van der Waals surface area contributed by atoms with Crippen molar-refractivity contribution in [2.75, 3.05) is 6.61 Å². The first kappa shape index (κ1) is 14.8. The molecule has 0 saturated carbocycles. The molecule has 2 aromatic carbocycles. The lowest BCUT2D eigenvalue weighted by atomic mass is 10.1. The lowest BCUT2D eigenvalue weighted by molar-refractivity contribution is 0.357. The molecular formula is C17H18BrNO. The fourth-order valence-electron chi connectivity index (χ4n) is 1.89. The first-order chi connectivity index (χ1) is 9.66. The Labute approximate surface area is 128 Å². The van der Waals surface area contributed by atoms with Gasteiger partial charge in [0.05, 0.1) is 0 Å². The number of rotatable bonds is 5. The molecule has 0 heterocycles. The standard InChI is InChI=1S/C17H18BrNO/c1-13(19)16-12-15(18)9-10-17(16)20-11-5-8-14-6-3-2-4-7-14/h2-10,12-13H,11,19H2,1H3/t13-/m1/s1. The number of benzene rings is 2. The fourth-order valence-corrected chi connectivity index (χ4v) is 2.27. The molecule has 0 spiro atoms. The van der Waals surface area contributed by atoms with Crippen LogP contribution in [0.25, 0.3) is 6.08 Å². The highest BCUT2D eigenvalue weighted by molar-refractivity contribution is 9.10. The maximum Gasteiger partial charge on any atom is 0.124 e. The number of hydrogen-bond donors (Lipinski definition) is 1. The summed E-state index contributed by atoms with van der Waals surface area (Å²) >= 11 is 3.45. The highest BCUT2D eigenvalue weighted by atomic mass is 79.9. The first-order valence-corrected chi connectivity index (χ1v) is 7.35. The summed E-state index contributed by atoms with van der Waals surface area (Å²) in [6.45, 7) is 2.48. The Morgan fingerprint density at radius 1 is 1.20 bits per heavy atom. The largest absolute Gasteiger partial charge is 0.489 e. The van der Waals surface area contributed by atoms with Gasteiger partial charge in [0.1, 0.15) is 12.4 Å². The van der Waals surface area contributed by atoms with Crippen LogP contribution in [0.2, 0.25) is 0 Å². The molecule has 0 aromatic heterocycles. The molecule has 20 heavy (non-hydrogen) atoms. The Balaban J connectivity index is 1.99. The van der Waals surface area contributed by atoms with E-state index in [9.17, 15) is 0 Å². The van der Waals surface area contributed by atoms with Crippen LogP contribution in [0.3, 0.4) is 0 Å². The number of halogens is 1. The summed E-state index contributed by atoms with van der Waals surface area (Å²) in [6, 6.07) is 16.0. The van der Waals surface area contributed by atoms with Crippen molar-refractivity contribution in [2.45, 2.75) is 13.0 Å².